The summed E-state index contributed by atoms with van der Waals surface area (Å²) < 4.78 is 32.1. The van der Waals surface area contributed by atoms with Crippen LogP contribution < -0.4 is 0 Å². The number of oxazole rings is 1. The van der Waals surface area contributed by atoms with Crippen LogP contribution in [0.1, 0.15) is 40.0 Å². The maximum Gasteiger partial charge on any atom is 0.350 e. The third-order valence-electron chi connectivity index (χ3n) is 6.69. The Hall–Kier alpha value is -5.09. The van der Waals surface area contributed by atoms with Crippen LogP contribution in [0.5, 0.6) is 0 Å². The van der Waals surface area contributed by atoms with Gasteiger partial charge in [-0.05, 0) is 41.1 Å². The van der Waals surface area contributed by atoms with Gasteiger partial charge in [0.05, 0.1) is 17.7 Å². The first-order valence-electron chi connectivity index (χ1n) is 12.4. The molecule has 0 N–H and O–H groups in total. The highest BCUT2D eigenvalue weighted by Crippen LogP contribution is 2.29. The lowest BCUT2D eigenvalue weighted by Gasteiger charge is -2.38. The highest BCUT2D eigenvalue weighted by atomic mass is 19.3. The second-order valence-electron chi connectivity index (χ2n) is 9.13. The van der Waals surface area contributed by atoms with Gasteiger partial charge in [0.2, 0.25) is 5.89 Å². The van der Waals surface area contributed by atoms with Gasteiger partial charge in [-0.25, -0.2) is 4.98 Å². The van der Waals surface area contributed by atoms with Crippen molar-refractivity contribution in [2.75, 3.05) is 26.2 Å². The molecule has 0 radical (unpaired) electrons. The van der Waals surface area contributed by atoms with Crippen molar-refractivity contribution >= 4 is 17.0 Å². The van der Waals surface area contributed by atoms with E-state index >= 15 is 0 Å². The van der Waals surface area contributed by atoms with Gasteiger partial charge in [0.25, 0.3) is 5.91 Å². The quantitative estimate of drug-likeness (QED) is 0.316. The fourth-order valence-corrected chi connectivity index (χ4v) is 4.73. The molecule has 0 aliphatic carbocycles. The van der Waals surface area contributed by atoms with Crippen LogP contribution in [0, 0.1) is 11.3 Å². The number of nitriles is 1. The van der Waals surface area contributed by atoms with Crippen molar-refractivity contribution in [1.29, 1.82) is 5.26 Å². The van der Waals surface area contributed by atoms with E-state index in [2.05, 4.69) is 31.4 Å². The number of nitrogens with zero attached hydrogens (tertiary/aromatic N) is 9. The van der Waals surface area contributed by atoms with Crippen LogP contribution >= 0.6 is 0 Å². The second-order valence-corrected chi connectivity index (χ2v) is 9.13. The summed E-state index contributed by atoms with van der Waals surface area (Å²) in [6.07, 6.45) is 1.53. The van der Waals surface area contributed by atoms with E-state index in [-0.39, 0.29) is 17.4 Å². The number of pyridine rings is 1. The van der Waals surface area contributed by atoms with Crippen molar-refractivity contribution in [2.45, 2.75) is 12.6 Å². The zero-order chi connectivity index (χ0) is 27.6. The Balaban J connectivity index is 1.19. The number of aromatic nitrogens is 6. The van der Waals surface area contributed by atoms with Gasteiger partial charge in [-0.2, -0.15) is 14.0 Å². The van der Waals surface area contributed by atoms with Gasteiger partial charge >= 0.3 is 6.55 Å². The van der Waals surface area contributed by atoms with Crippen molar-refractivity contribution in [2.24, 2.45) is 0 Å². The number of alkyl halides is 2. The summed E-state index contributed by atoms with van der Waals surface area (Å²) in [7, 11) is 0. The van der Waals surface area contributed by atoms with Gasteiger partial charge in [-0.15, -0.1) is 10.2 Å². The van der Waals surface area contributed by atoms with Gasteiger partial charge in [0, 0.05) is 37.9 Å². The molecule has 1 amide bonds. The van der Waals surface area contributed by atoms with Crippen LogP contribution in [0.25, 0.3) is 22.6 Å². The molecule has 1 saturated heterocycles. The van der Waals surface area contributed by atoms with E-state index in [0.717, 1.165) is 5.56 Å². The highest BCUT2D eigenvalue weighted by molar-refractivity contribution is 5.93. The minimum atomic E-state index is -2.89. The molecule has 1 aliphatic rings. The third kappa shape index (κ3) is 4.87. The van der Waals surface area contributed by atoms with E-state index in [1.807, 2.05) is 35.2 Å². The number of halogens is 2. The zero-order valence-electron chi connectivity index (χ0n) is 20.9. The molecular formula is C27H21F2N9O2. The molecule has 11 nitrogen and oxygen atoms in total. The largest absolute Gasteiger partial charge is 0.436 e. The second kappa shape index (κ2) is 10.6. The van der Waals surface area contributed by atoms with E-state index in [0.29, 0.717) is 59.1 Å². The number of fused-ring (bicyclic) bond motifs is 1. The number of carbonyl (C=O) groups is 1. The molecule has 0 spiro atoms. The third-order valence-corrected chi connectivity index (χ3v) is 6.69. The molecule has 1 fully saturated rings. The first-order valence-corrected chi connectivity index (χ1v) is 12.4. The molecule has 4 heterocycles. The fourth-order valence-electron chi connectivity index (χ4n) is 4.73. The summed E-state index contributed by atoms with van der Waals surface area (Å²) in [4.78, 5) is 26.1. The van der Waals surface area contributed by atoms with Crippen LogP contribution in [0.3, 0.4) is 0 Å². The normalized spacial score (nSPS) is 14.9. The van der Waals surface area contributed by atoms with Crippen molar-refractivity contribution in [1.82, 2.24) is 40.0 Å². The van der Waals surface area contributed by atoms with Gasteiger partial charge in [-0.3, -0.25) is 14.7 Å². The van der Waals surface area contributed by atoms with E-state index in [1.165, 1.54) is 6.20 Å². The van der Waals surface area contributed by atoms with E-state index < -0.39 is 12.6 Å². The summed E-state index contributed by atoms with van der Waals surface area (Å²) in [6.45, 7) is -1.20. The van der Waals surface area contributed by atoms with Crippen molar-refractivity contribution in [3.63, 3.8) is 0 Å². The Morgan fingerprint density at radius 2 is 1.82 bits per heavy atom. The molecule has 200 valence electrons. The van der Waals surface area contributed by atoms with Crippen molar-refractivity contribution in [3.8, 4) is 17.5 Å². The van der Waals surface area contributed by atoms with Crippen LogP contribution in [0.4, 0.5) is 8.78 Å². The molecule has 5 aromatic rings. The molecule has 3 aromatic heterocycles. The molecule has 40 heavy (non-hydrogen) atoms. The average Bonchev–Trinajstić information content (AvgIpc) is 3.66. The standard InChI is InChI=1S/C27H21F2N9O2/c28-27(29)38-34-24(33-35-38)23(18-4-2-1-3-5-18)36-10-12-37(13-11-36)26(39)21-15-19(8-9-31-21)25-32-20-14-17(16-30)6-7-22(20)40-25/h1-9,14-15,23,27H,10-13H2/t23-/m1/s1. The predicted octanol–water partition coefficient (Wildman–Crippen LogP) is 3.69. The molecule has 1 aliphatic heterocycles. The number of hydrogen-bond donors (Lipinski definition) is 0. The minimum absolute atomic E-state index is 0.167. The van der Waals surface area contributed by atoms with E-state index in [1.54, 1.807) is 35.2 Å². The Kier molecular flexibility index (Phi) is 6.67. The first kappa shape index (κ1) is 25.2. The Labute approximate surface area is 226 Å². The lowest BCUT2D eigenvalue weighted by molar-refractivity contribution is 0.0385. The summed E-state index contributed by atoms with van der Waals surface area (Å²) in [5, 5.41) is 20.4. The van der Waals surface area contributed by atoms with Crippen molar-refractivity contribution < 1.29 is 18.0 Å². The molecule has 6 rings (SSSR count). The molecular weight excluding hydrogens is 520 g/mol. The molecule has 0 unspecified atom stereocenters. The molecule has 0 bridgehead atoms. The summed E-state index contributed by atoms with van der Waals surface area (Å²) >= 11 is 0. The first-order chi connectivity index (χ1) is 19.5. The Bertz CT molecular complexity index is 1710. The summed E-state index contributed by atoms with van der Waals surface area (Å²) in [6, 6.07) is 19.2. The summed E-state index contributed by atoms with van der Waals surface area (Å²) in [5.41, 5.74) is 3.22. The lowest BCUT2D eigenvalue weighted by Crippen LogP contribution is -2.50. The molecule has 13 heteroatoms. The van der Waals surface area contributed by atoms with Crippen LogP contribution in [-0.4, -0.2) is 72.1 Å². The van der Waals surface area contributed by atoms with Crippen LogP contribution in [0.2, 0.25) is 0 Å². The van der Waals surface area contributed by atoms with Crippen LogP contribution in [0.15, 0.2) is 71.3 Å². The molecule has 2 aromatic carbocycles. The average molecular weight is 542 g/mol. The number of tetrazole rings is 1. The van der Waals surface area contributed by atoms with Gasteiger partial charge in [0.1, 0.15) is 11.2 Å². The van der Waals surface area contributed by atoms with Gasteiger partial charge in [0.15, 0.2) is 11.4 Å². The number of rotatable bonds is 6. The predicted molar refractivity (Wildman–Crippen MR) is 137 cm³/mol. The summed E-state index contributed by atoms with van der Waals surface area (Å²) in [5.74, 6) is 0.240. The van der Waals surface area contributed by atoms with Gasteiger partial charge < -0.3 is 9.32 Å². The number of benzene rings is 2. The van der Waals surface area contributed by atoms with E-state index in [9.17, 15) is 13.6 Å². The zero-order valence-corrected chi connectivity index (χ0v) is 20.9. The monoisotopic (exact) mass is 541 g/mol. The SMILES string of the molecule is N#Cc1ccc2oc(-c3ccnc(C(=O)N4CCN([C@H](c5ccccc5)c5nnn(C(F)F)n5)CC4)c3)nc2c1. The highest BCUT2D eigenvalue weighted by Gasteiger charge is 2.32. The number of piperazine rings is 1. The smallest absolute Gasteiger partial charge is 0.350 e. The fraction of sp³-hybridized carbons (Fsp3) is 0.222. The Morgan fingerprint density at radius 3 is 2.55 bits per heavy atom. The van der Waals surface area contributed by atoms with Gasteiger partial charge in [-0.1, -0.05) is 35.1 Å². The maximum atomic E-state index is 13.4. The topological polar surface area (TPSA) is 130 Å². The van der Waals surface area contributed by atoms with Crippen molar-refractivity contribution in [3.05, 3.63) is 89.5 Å². The minimum Gasteiger partial charge on any atom is -0.436 e. The van der Waals surface area contributed by atoms with Crippen LogP contribution in [-0.2, 0) is 0 Å². The Morgan fingerprint density at radius 1 is 1.02 bits per heavy atom. The number of carbonyl (C=O) groups excluding carboxylic acids is 1. The maximum absolute atomic E-state index is 13.4. The lowest BCUT2D eigenvalue weighted by atomic mass is 10.0. The molecule has 0 saturated carbocycles. The molecule has 1 atom stereocenters. The number of hydrogen-bond acceptors (Lipinski definition) is 9. The number of amides is 1. The van der Waals surface area contributed by atoms with E-state index in [4.69, 9.17) is 9.68 Å².